The van der Waals surface area contributed by atoms with E-state index in [1.165, 1.54) is 4.90 Å². The first-order chi connectivity index (χ1) is 18.6. The van der Waals surface area contributed by atoms with Crippen LogP contribution in [0.2, 0.25) is 0 Å². The standard InChI is InChI=1S/C30H36IN3O4S/c1-4-5-19-32-30(36)28(20-24-9-7-6-8-10-24)33(21-25-13-11-23(2)12-14-25)29(35)22-34(39(3,37)38)27-17-15-26(31)16-18-27/h6-18,28H,4-5,19-22H2,1-3H3,(H,32,36)/t28-/m0/s1. The van der Waals surface area contributed by atoms with E-state index < -0.39 is 28.5 Å². The molecule has 0 aromatic heterocycles. The van der Waals surface area contributed by atoms with Gasteiger partial charge >= 0.3 is 0 Å². The zero-order chi connectivity index (χ0) is 28.4. The SMILES string of the molecule is CCCCNC(=O)[C@H](Cc1ccccc1)N(Cc1ccc(C)cc1)C(=O)CN(c1ccc(I)cc1)S(C)(=O)=O. The number of hydrogen-bond donors (Lipinski definition) is 1. The van der Waals surface area contributed by atoms with Crippen molar-refractivity contribution in [2.75, 3.05) is 23.7 Å². The van der Waals surface area contributed by atoms with Crippen LogP contribution in [0.15, 0.2) is 78.9 Å². The molecule has 1 atom stereocenters. The maximum atomic E-state index is 14.0. The minimum absolute atomic E-state index is 0.169. The van der Waals surface area contributed by atoms with Gasteiger partial charge in [0.1, 0.15) is 12.6 Å². The van der Waals surface area contributed by atoms with Crippen molar-refractivity contribution >= 4 is 50.1 Å². The third kappa shape index (κ3) is 9.35. The van der Waals surface area contributed by atoms with Crippen molar-refractivity contribution in [3.8, 4) is 0 Å². The molecule has 0 aliphatic rings. The average molecular weight is 662 g/mol. The molecule has 0 saturated carbocycles. The van der Waals surface area contributed by atoms with E-state index in [0.29, 0.717) is 18.7 Å². The Bertz CT molecular complexity index is 1330. The second-order valence-electron chi connectivity index (χ2n) is 9.60. The number of hydrogen-bond acceptors (Lipinski definition) is 4. The Morgan fingerprint density at radius 1 is 0.923 bits per heavy atom. The molecule has 0 aliphatic heterocycles. The summed E-state index contributed by atoms with van der Waals surface area (Å²) >= 11 is 2.14. The first kappa shape index (κ1) is 30.6. The maximum absolute atomic E-state index is 14.0. The summed E-state index contributed by atoms with van der Waals surface area (Å²) in [5, 5.41) is 2.99. The lowest BCUT2D eigenvalue weighted by Gasteiger charge is -2.33. The second-order valence-corrected chi connectivity index (χ2v) is 12.8. The summed E-state index contributed by atoms with van der Waals surface area (Å²) in [7, 11) is -3.78. The van der Waals surface area contributed by atoms with E-state index >= 15 is 0 Å². The normalized spacial score (nSPS) is 12.0. The van der Waals surface area contributed by atoms with Crippen LogP contribution in [-0.2, 0) is 32.6 Å². The van der Waals surface area contributed by atoms with Crippen LogP contribution < -0.4 is 9.62 Å². The van der Waals surface area contributed by atoms with E-state index in [1.54, 1.807) is 24.3 Å². The monoisotopic (exact) mass is 661 g/mol. The number of nitrogens with one attached hydrogen (secondary N) is 1. The summed E-state index contributed by atoms with van der Waals surface area (Å²) in [6.45, 7) is 4.29. The van der Waals surface area contributed by atoms with E-state index in [0.717, 1.165) is 43.7 Å². The predicted octanol–water partition coefficient (Wildman–Crippen LogP) is 4.92. The lowest BCUT2D eigenvalue weighted by Crippen LogP contribution is -2.53. The summed E-state index contributed by atoms with van der Waals surface area (Å²) < 4.78 is 27.7. The third-order valence-electron chi connectivity index (χ3n) is 6.37. The number of carbonyl (C=O) groups excluding carboxylic acids is 2. The van der Waals surface area contributed by atoms with Crippen LogP contribution in [0.1, 0.15) is 36.5 Å². The molecular formula is C30H36IN3O4S. The maximum Gasteiger partial charge on any atom is 0.244 e. The van der Waals surface area contributed by atoms with E-state index in [2.05, 4.69) is 27.9 Å². The molecule has 3 aromatic carbocycles. The molecule has 1 N–H and O–H groups in total. The van der Waals surface area contributed by atoms with Gasteiger partial charge in [0.15, 0.2) is 0 Å². The molecule has 3 aromatic rings. The molecule has 0 unspecified atom stereocenters. The Hall–Kier alpha value is -2.92. The first-order valence-electron chi connectivity index (χ1n) is 13.0. The number of anilines is 1. The Balaban J connectivity index is 2.01. The van der Waals surface area contributed by atoms with Crippen molar-refractivity contribution in [1.29, 1.82) is 0 Å². The molecule has 3 rings (SSSR count). The number of amides is 2. The van der Waals surface area contributed by atoms with Gasteiger partial charge in [-0.05, 0) is 71.3 Å². The number of rotatable bonds is 13. The highest BCUT2D eigenvalue weighted by molar-refractivity contribution is 14.1. The van der Waals surface area contributed by atoms with Gasteiger partial charge in [-0.3, -0.25) is 13.9 Å². The Morgan fingerprint density at radius 2 is 1.56 bits per heavy atom. The van der Waals surface area contributed by atoms with Gasteiger partial charge in [0.2, 0.25) is 21.8 Å². The number of sulfonamides is 1. The quantitative estimate of drug-likeness (QED) is 0.208. The number of unbranched alkanes of at least 4 members (excludes halogenated alkanes) is 1. The molecule has 0 spiro atoms. The van der Waals surface area contributed by atoms with Crippen molar-refractivity contribution in [2.45, 2.75) is 45.7 Å². The number of halogens is 1. The molecule has 0 heterocycles. The Morgan fingerprint density at radius 3 is 2.15 bits per heavy atom. The van der Waals surface area contributed by atoms with Crippen LogP contribution in [0.3, 0.4) is 0 Å². The lowest BCUT2D eigenvalue weighted by molar-refractivity contribution is -0.140. The van der Waals surface area contributed by atoms with Gasteiger partial charge in [-0.2, -0.15) is 0 Å². The predicted molar refractivity (Wildman–Crippen MR) is 165 cm³/mol. The van der Waals surface area contributed by atoms with Crippen molar-refractivity contribution in [3.63, 3.8) is 0 Å². The average Bonchev–Trinajstić information content (AvgIpc) is 2.91. The summed E-state index contributed by atoms with van der Waals surface area (Å²) in [6.07, 6.45) is 3.14. The van der Waals surface area contributed by atoms with Crippen LogP contribution in [0.5, 0.6) is 0 Å². The Labute approximate surface area is 245 Å². The lowest BCUT2D eigenvalue weighted by atomic mass is 10.0. The largest absolute Gasteiger partial charge is 0.354 e. The van der Waals surface area contributed by atoms with Crippen molar-refractivity contribution in [1.82, 2.24) is 10.2 Å². The van der Waals surface area contributed by atoms with Gasteiger partial charge in [0, 0.05) is 23.1 Å². The zero-order valence-electron chi connectivity index (χ0n) is 22.6. The zero-order valence-corrected chi connectivity index (χ0v) is 25.6. The molecule has 0 fully saturated rings. The molecule has 0 bridgehead atoms. The molecular weight excluding hydrogens is 625 g/mol. The van der Waals surface area contributed by atoms with Gasteiger partial charge < -0.3 is 10.2 Å². The highest BCUT2D eigenvalue weighted by Crippen LogP contribution is 2.21. The van der Waals surface area contributed by atoms with Gasteiger partial charge in [-0.15, -0.1) is 0 Å². The first-order valence-corrected chi connectivity index (χ1v) is 15.9. The van der Waals surface area contributed by atoms with Crippen LogP contribution in [-0.4, -0.2) is 50.5 Å². The molecule has 39 heavy (non-hydrogen) atoms. The molecule has 0 radical (unpaired) electrons. The molecule has 2 amide bonds. The summed E-state index contributed by atoms with van der Waals surface area (Å²) in [5.41, 5.74) is 3.24. The minimum Gasteiger partial charge on any atom is -0.354 e. The minimum atomic E-state index is -3.78. The van der Waals surface area contributed by atoms with Crippen LogP contribution in [0, 0.1) is 10.5 Å². The Kier molecular flexibility index (Phi) is 11.4. The summed E-state index contributed by atoms with van der Waals surface area (Å²) in [4.78, 5) is 29.1. The van der Waals surface area contributed by atoms with E-state index in [1.807, 2.05) is 68.4 Å². The molecule has 0 saturated heterocycles. The van der Waals surface area contributed by atoms with E-state index in [4.69, 9.17) is 0 Å². The third-order valence-corrected chi connectivity index (χ3v) is 8.23. The molecule has 9 heteroatoms. The smallest absolute Gasteiger partial charge is 0.244 e. The fourth-order valence-electron chi connectivity index (χ4n) is 4.17. The molecule has 7 nitrogen and oxygen atoms in total. The van der Waals surface area contributed by atoms with Crippen LogP contribution in [0.4, 0.5) is 5.69 Å². The van der Waals surface area contributed by atoms with Gasteiger partial charge in [-0.1, -0.05) is 73.5 Å². The second kappa shape index (κ2) is 14.5. The highest BCUT2D eigenvalue weighted by Gasteiger charge is 2.32. The number of benzene rings is 3. The van der Waals surface area contributed by atoms with E-state index in [-0.39, 0.29) is 12.5 Å². The summed E-state index contributed by atoms with van der Waals surface area (Å²) in [5.74, 6) is -0.709. The van der Waals surface area contributed by atoms with Gasteiger partial charge in [-0.25, -0.2) is 8.42 Å². The number of nitrogens with zero attached hydrogens (tertiary/aromatic N) is 2. The fourth-order valence-corrected chi connectivity index (χ4v) is 5.38. The van der Waals surface area contributed by atoms with Crippen molar-refractivity contribution < 1.29 is 18.0 Å². The van der Waals surface area contributed by atoms with E-state index in [9.17, 15) is 18.0 Å². The van der Waals surface area contributed by atoms with Gasteiger partial charge in [0.05, 0.1) is 11.9 Å². The highest BCUT2D eigenvalue weighted by atomic mass is 127. The topological polar surface area (TPSA) is 86.8 Å². The van der Waals surface area contributed by atoms with Crippen molar-refractivity contribution in [3.05, 3.63) is 99.1 Å². The summed E-state index contributed by atoms with van der Waals surface area (Å²) in [6, 6.07) is 23.4. The number of aryl methyl sites for hydroxylation is 1. The fraction of sp³-hybridized carbons (Fsp3) is 0.333. The molecule has 0 aliphatic carbocycles. The molecule has 208 valence electrons. The van der Waals surface area contributed by atoms with Crippen molar-refractivity contribution in [2.24, 2.45) is 0 Å². The number of carbonyl (C=O) groups is 2. The van der Waals surface area contributed by atoms with Crippen LogP contribution in [0.25, 0.3) is 0 Å². The van der Waals surface area contributed by atoms with Gasteiger partial charge in [0.25, 0.3) is 0 Å². The van der Waals surface area contributed by atoms with Crippen LogP contribution >= 0.6 is 22.6 Å².